The summed E-state index contributed by atoms with van der Waals surface area (Å²) >= 11 is 0. The second-order valence-corrected chi connectivity index (χ2v) is 6.12. The van der Waals surface area contributed by atoms with E-state index in [0.717, 1.165) is 0 Å². The van der Waals surface area contributed by atoms with Crippen LogP contribution in [-0.2, 0) is 0 Å². The SMILES string of the molecule is COc1ccccc1C(=O)NC1CCN(C(=O)Oc2ccccc2)CC1. The quantitative estimate of drug-likeness (QED) is 0.916. The Morgan fingerprint density at radius 3 is 2.35 bits per heavy atom. The van der Waals surface area contributed by atoms with Gasteiger partial charge in [0.2, 0.25) is 0 Å². The Labute approximate surface area is 152 Å². The Bertz CT molecular complexity index is 755. The van der Waals surface area contributed by atoms with E-state index in [9.17, 15) is 9.59 Å². The van der Waals surface area contributed by atoms with E-state index < -0.39 is 0 Å². The highest BCUT2D eigenvalue weighted by Gasteiger charge is 2.26. The van der Waals surface area contributed by atoms with Gasteiger partial charge in [-0.25, -0.2) is 4.79 Å². The van der Waals surface area contributed by atoms with Crippen LogP contribution in [-0.4, -0.2) is 43.1 Å². The van der Waals surface area contributed by atoms with Crippen molar-refractivity contribution in [2.75, 3.05) is 20.2 Å². The second-order valence-electron chi connectivity index (χ2n) is 6.12. The largest absolute Gasteiger partial charge is 0.496 e. The highest BCUT2D eigenvalue weighted by atomic mass is 16.6. The van der Waals surface area contributed by atoms with E-state index in [1.54, 1.807) is 42.3 Å². The van der Waals surface area contributed by atoms with Crippen LogP contribution in [0.25, 0.3) is 0 Å². The van der Waals surface area contributed by atoms with E-state index in [0.29, 0.717) is 43.0 Å². The fraction of sp³-hybridized carbons (Fsp3) is 0.300. The molecule has 0 saturated carbocycles. The predicted octanol–water partition coefficient (Wildman–Crippen LogP) is 3.09. The van der Waals surface area contributed by atoms with Crippen LogP contribution in [0.5, 0.6) is 11.5 Å². The average molecular weight is 354 g/mol. The molecule has 1 saturated heterocycles. The molecule has 1 fully saturated rings. The van der Waals surface area contributed by atoms with Crippen LogP contribution in [0.2, 0.25) is 0 Å². The van der Waals surface area contributed by atoms with Crippen LogP contribution in [0.3, 0.4) is 0 Å². The van der Waals surface area contributed by atoms with Gasteiger partial charge in [-0.1, -0.05) is 30.3 Å². The van der Waals surface area contributed by atoms with Crippen molar-refractivity contribution in [1.29, 1.82) is 0 Å². The Hall–Kier alpha value is -3.02. The molecule has 6 nitrogen and oxygen atoms in total. The summed E-state index contributed by atoms with van der Waals surface area (Å²) in [7, 11) is 1.54. The van der Waals surface area contributed by atoms with Gasteiger partial charge in [-0.3, -0.25) is 4.79 Å². The minimum Gasteiger partial charge on any atom is -0.496 e. The van der Waals surface area contributed by atoms with Gasteiger partial charge in [-0.2, -0.15) is 0 Å². The minimum atomic E-state index is -0.356. The van der Waals surface area contributed by atoms with Gasteiger partial charge in [0, 0.05) is 19.1 Å². The summed E-state index contributed by atoms with van der Waals surface area (Å²) in [5.74, 6) is 0.922. The molecule has 0 radical (unpaired) electrons. The molecule has 0 aliphatic carbocycles. The second kappa shape index (κ2) is 8.38. The number of ether oxygens (including phenoxy) is 2. The summed E-state index contributed by atoms with van der Waals surface area (Å²) in [6.45, 7) is 1.09. The average Bonchev–Trinajstić information content (AvgIpc) is 2.69. The van der Waals surface area contributed by atoms with Gasteiger partial charge in [0.05, 0.1) is 12.7 Å². The van der Waals surface area contributed by atoms with Gasteiger partial charge in [-0.15, -0.1) is 0 Å². The number of carbonyl (C=O) groups is 2. The van der Waals surface area contributed by atoms with Crippen LogP contribution in [0, 0.1) is 0 Å². The molecule has 2 aromatic rings. The van der Waals surface area contributed by atoms with Gasteiger partial charge in [-0.05, 0) is 37.1 Å². The summed E-state index contributed by atoms with van der Waals surface area (Å²) in [6.07, 6.45) is 1.01. The molecule has 26 heavy (non-hydrogen) atoms. The normalized spacial score (nSPS) is 14.6. The molecule has 1 N–H and O–H groups in total. The summed E-state index contributed by atoms with van der Waals surface area (Å²) < 4.78 is 10.6. The molecule has 2 amide bonds. The maximum absolute atomic E-state index is 12.5. The molecule has 0 atom stereocenters. The number of nitrogens with zero attached hydrogens (tertiary/aromatic N) is 1. The first-order valence-corrected chi connectivity index (χ1v) is 8.63. The fourth-order valence-corrected chi connectivity index (χ4v) is 2.96. The maximum atomic E-state index is 12.5. The topological polar surface area (TPSA) is 67.9 Å². The van der Waals surface area contributed by atoms with Gasteiger partial charge >= 0.3 is 6.09 Å². The molecule has 0 bridgehead atoms. The van der Waals surface area contributed by atoms with E-state index in [4.69, 9.17) is 9.47 Å². The van der Waals surface area contributed by atoms with Crippen molar-refractivity contribution in [2.45, 2.75) is 18.9 Å². The van der Waals surface area contributed by atoms with Crippen LogP contribution in [0.4, 0.5) is 4.79 Å². The van der Waals surface area contributed by atoms with Crippen molar-refractivity contribution in [2.24, 2.45) is 0 Å². The van der Waals surface area contributed by atoms with E-state index in [2.05, 4.69) is 5.32 Å². The number of carbonyl (C=O) groups excluding carboxylic acids is 2. The molecule has 1 aliphatic heterocycles. The highest BCUT2D eigenvalue weighted by molar-refractivity contribution is 5.97. The van der Waals surface area contributed by atoms with Crippen LogP contribution >= 0.6 is 0 Å². The third-order valence-corrected chi connectivity index (χ3v) is 4.39. The Morgan fingerprint density at radius 2 is 1.65 bits per heavy atom. The molecular weight excluding hydrogens is 332 g/mol. The molecule has 1 heterocycles. The number of methoxy groups -OCH3 is 1. The van der Waals surface area contributed by atoms with E-state index in [1.807, 2.05) is 24.3 Å². The third-order valence-electron chi connectivity index (χ3n) is 4.39. The standard InChI is InChI=1S/C20H22N2O4/c1-25-18-10-6-5-9-17(18)19(23)21-15-11-13-22(14-12-15)20(24)26-16-7-3-2-4-8-16/h2-10,15H,11-14H2,1H3,(H,21,23). The lowest BCUT2D eigenvalue weighted by atomic mass is 10.0. The van der Waals surface area contributed by atoms with Crippen molar-refractivity contribution in [3.63, 3.8) is 0 Å². The maximum Gasteiger partial charge on any atom is 0.415 e. The summed E-state index contributed by atoms with van der Waals surface area (Å²) in [6, 6.07) is 16.2. The number of piperidine rings is 1. The molecule has 136 valence electrons. The molecular formula is C20H22N2O4. The Morgan fingerprint density at radius 1 is 1.00 bits per heavy atom. The fourth-order valence-electron chi connectivity index (χ4n) is 2.96. The molecule has 2 aromatic carbocycles. The highest BCUT2D eigenvalue weighted by Crippen LogP contribution is 2.19. The lowest BCUT2D eigenvalue weighted by Crippen LogP contribution is -2.47. The van der Waals surface area contributed by atoms with Crippen molar-refractivity contribution in [3.8, 4) is 11.5 Å². The summed E-state index contributed by atoms with van der Waals surface area (Å²) in [5.41, 5.74) is 0.515. The monoisotopic (exact) mass is 354 g/mol. The number of likely N-dealkylation sites (tertiary alicyclic amines) is 1. The van der Waals surface area contributed by atoms with Gasteiger partial charge < -0.3 is 19.7 Å². The zero-order valence-electron chi connectivity index (χ0n) is 14.7. The first-order chi connectivity index (χ1) is 12.7. The van der Waals surface area contributed by atoms with Crippen molar-refractivity contribution in [3.05, 3.63) is 60.2 Å². The lowest BCUT2D eigenvalue weighted by molar-refractivity contribution is 0.0907. The number of nitrogens with one attached hydrogen (secondary N) is 1. The molecule has 3 rings (SSSR count). The third kappa shape index (κ3) is 4.33. The summed E-state index contributed by atoms with van der Waals surface area (Å²) in [5, 5.41) is 3.02. The van der Waals surface area contributed by atoms with Gasteiger partial charge in [0.1, 0.15) is 11.5 Å². The zero-order valence-corrected chi connectivity index (χ0v) is 14.7. The smallest absolute Gasteiger partial charge is 0.415 e. The van der Waals surface area contributed by atoms with Crippen LogP contribution < -0.4 is 14.8 Å². The van der Waals surface area contributed by atoms with Crippen LogP contribution in [0.15, 0.2) is 54.6 Å². The Kier molecular flexibility index (Phi) is 5.73. The Balaban J connectivity index is 1.50. The number of rotatable bonds is 4. The van der Waals surface area contributed by atoms with Gasteiger partial charge in [0.15, 0.2) is 0 Å². The number of benzene rings is 2. The predicted molar refractivity (Wildman–Crippen MR) is 97.5 cm³/mol. The van der Waals surface area contributed by atoms with E-state index >= 15 is 0 Å². The van der Waals surface area contributed by atoms with Gasteiger partial charge in [0.25, 0.3) is 5.91 Å². The van der Waals surface area contributed by atoms with E-state index in [1.165, 1.54) is 0 Å². The molecule has 0 unspecified atom stereocenters. The molecule has 6 heteroatoms. The number of hydrogen-bond donors (Lipinski definition) is 1. The minimum absolute atomic E-state index is 0.0215. The first kappa shape index (κ1) is 17.8. The van der Waals surface area contributed by atoms with Crippen molar-refractivity contribution in [1.82, 2.24) is 10.2 Å². The van der Waals surface area contributed by atoms with Crippen molar-refractivity contribution >= 4 is 12.0 Å². The first-order valence-electron chi connectivity index (χ1n) is 8.63. The number of para-hydroxylation sites is 2. The number of amides is 2. The number of hydrogen-bond acceptors (Lipinski definition) is 4. The van der Waals surface area contributed by atoms with Crippen molar-refractivity contribution < 1.29 is 19.1 Å². The lowest BCUT2D eigenvalue weighted by Gasteiger charge is -2.31. The molecule has 0 spiro atoms. The molecule has 0 aromatic heterocycles. The van der Waals surface area contributed by atoms with E-state index in [-0.39, 0.29) is 18.0 Å². The van der Waals surface area contributed by atoms with Crippen LogP contribution in [0.1, 0.15) is 23.2 Å². The zero-order chi connectivity index (χ0) is 18.4. The summed E-state index contributed by atoms with van der Waals surface area (Å²) in [4.78, 5) is 26.3. The molecule has 1 aliphatic rings.